The maximum Gasteiger partial charge on any atom is 0.252 e. The molecule has 8 nitrogen and oxygen atoms in total. The SMILES string of the molecule is CCC(=O)N(C)c1ccc(Nc2cc(N(C)c3cccc4[nH]ccc34)c(C(N)=O)cn2)cc1. The third-order valence-corrected chi connectivity index (χ3v) is 5.65. The quantitative estimate of drug-likeness (QED) is 0.389. The van der Waals surface area contributed by atoms with E-state index in [1.54, 1.807) is 18.0 Å². The summed E-state index contributed by atoms with van der Waals surface area (Å²) < 4.78 is 0. The van der Waals surface area contributed by atoms with Crippen molar-refractivity contribution in [2.24, 2.45) is 5.73 Å². The van der Waals surface area contributed by atoms with Gasteiger partial charge < -0.3 is 25.8 Å². The Hall–Kier alpha value is -4.33. The first kappa shape index (κ1) is 21.9. The predicted molar refractivity (Wildman–Crippen MR) is 133 cm³/mol. The van der Waals surface area contributed by atoms with E-state index in [2.05, 4.69) is 15.3 Å². The monoisotopic (exact) mass is 442 g/mol. The van der Waals surface area contributed by atoms with Crippen LogP contribution in [0.15, 0.2) is 67.0 Å². The third kappa shape index (κ3) is 4.36. The summed E-state index contributed by atoms with van der Waals surface area (Å²) in [6.45, 7) is 1.83. The van der Waals surface area contributed by atoms with Gasteiger partial charge in [0.15, 0.2) is 0 Å². The van der Waals surface area contributed by atoms with Crippen molar-refractivity contribution >= 4 is 51.3 Å². The molecule has 4 rings (SSSR count). The first-order valence-electron chi connectivity index (χ1n) is 10.6. The number of primary amides is 1. The molecule has 0 saturated carbocycles. The van der Waals surface area contributed by atoms with E-state index in [-0.39, 0.29) is 5.91 Å². The zero-order chi connectivity index (χ0) is 23.5. The Balaban J connectivity index is 1.65. The van der Waals surface area contributed by atoms with E-state index in [9.17, 15) is 9.59 Å². The normalized spacial score (nSPS) is 10.8. The fourth-order valence-corrected chi connectivity index (χ4v) is 3.77. The molecule has 0 spiro atoms. The highest BCUT2D eigenvalue weighted by Gasteiger charge is 2.17. The Morgan fingerprint density at radius 3 is 2.52 bits per heavy atom. The van der Waals surface area contributed by atoms with Crippen LogP contribution in [-0.2, 0) is 4.79 Å². The number of aromatic nitrogens is 2. The Labute approximate surface area is 192 Å². The van der Waals surface area contributed by atoms with Gasteiger partial charge in [-0.05, 0) is 42.5 Å². The molecule has 2 amide bonds. The van der Waals surface area contributed by atoms with Gasteiger partial charge in [0.2, 0.25) is 5.91 Å². The maximum absolute atomic E-state index is 12.1. The Bertz CT molecular complexity index is 1310. The fourth-order valence-electron chi connectivity index (χ4n) is 3.77. The highest BCUT2D eigenvalue weighted by Crippen LogP contribution is 2.34. The van der Waals surface area contributed by atoms with Crippen molar-refractivity contribution in [3.05, 3.63) is 72.6 Å². The van der Waals surface area contributed by atoms with Crippen LogP contribution < -0.4 is 20.9 Å². The van der Waals surface area contributed by atoms with Gasteiger partial charge in [-0.3, -0.25) is 9.59 Å². The molecule has 33 heavy (non-hydrogen) atoms. The van der Waals surface area contributed by atoms with Crippen molar-refractivity contribution in [1.82, 2.24) is 9.97 Å². The largest absolute Gasteiger partial charge is 0.365 e. The topological polar surface area (TPSA) is 107 Å². The van der Waals surface area contributed by atoms with Crippen LogP contribution in [-0.4, -0.2) is 35.9 Å². The highest BCUT2D eigenvalue weighted by molar-refractivity contribution is 6.02. The average Bonchev–Trinajstić information content (AvgIpc) is 3.32. The summed E-state index contributed by atoms with van der Waals surface area (Å²) in [7, 11) is 3.65. The standard InChI is InChI=1S/C25H26N6O2/c1-4-24(32)30(2)17-10-8-16(9-11-17)29-23-14-22(19(15-28-23)25(26)33)31(3)21-7-5-6-20-18(21)12-13-27-20/h5-15,27H,4H2,1-3H3,(H2,26,33)(H,28,29). The van der Waals surface area contributed by atoms with Crippen molar-refractivity contribution in [3.8, 4) is 0 Å². The molecular weight excluding hydrogens is 416 g/mol. The lowest BCUT2D eigenvalue weighted by molar-refractivity contribution is -0.118. The lowest BCUT2D eigenvalue weighted by Crippen LogP contribution is -2.24. The Kier molecular flexibility index (Phi) is 5.99. The number of hydrogen-bond acceptors (Lipinski definition) is 5. The van der Waals surface area contributed by atoms with E-state index in [1.165, 1.54) is 6.20 Å². The molecule has 0 radical (unpaired) electrons. The van der Waals surface area contributed by atoms with E-state index in [0.29, 0.717) is 23.5 Å². The summed E-state index contributed by atoms with van der Waals surface area (Å²) in [5.74, 6) is 0.0588. The molecule has 4 aromatic rings. The molecule has 0 fully saturated rings. The molecule has 8 heteroatoms. The summed E-state index contributed by atoms with van der Waals surface area (Å²) in [6.07, 6.45) is 3.81. The lowest BCUT2D eigenvalue weighted by Gasteiger charge is -2.23. The smallest absolute Gasteiger partial charge is 0.252 e. The van der Waals surface area contributed by atoms with Gasteiger partial charge in [0.1, 0.15) is 5.82 Å². The number of anilines is 5. The second-order valence-corrected chi connectivity index (χ2v) is 7.70. The number of fused-ring (bicyclic) bond motifs is 1. The minimum Gasteiger partial charge on any atom is -0.365 e. The number of carbonyl (C=O) groups excluding carboxylic acids is 2. The van der Waals surface area contributed by atoms with Crippen LogP contribution in [0.2, 0.25) is 0 Å². The summed E-state index contributed by atoms with van der Waals surface area (Å²) in [6, 6.07) is 17.2. The molecule has 0 aliphatic carbocycles. The van der Waals surface area contributed by atoms with Crippen LogP contribution in [0.1, 0.15) is 23.7 Å². The number of nitrogens with two attached hydrogens (primary N) is 1. The molecular formula is C25H26N6O2. The van der Waals surface area contributed by atoms with Gasteiger partial charge in [0, 0.05) is 61.3 Å². The summed E-state index contributed by atoms with van der Waals surface area (Å²) >= 11 is 0. The summed E-state index contributed by atoms with van der Waals surface area (Å²) in [5, 5.41) is 4.29. The van der Waals surface area contributed by atoms with Crippen LogP contribution in [0.5, 0.6) is 0 Å². The van der Waals surface area contributed by atoms with Gasteiger partial charge in [0.05, 0.1) is 16.9 Å². The zero-order valence-electron chi connectivity index (χ0n) is 18.8. The number of nitrogens with zero attached hydrogens (tertiary/aromatic N) is 3. The number of rotatable bonds is 7. The number of H-pyrrole nitrogens is 1. The molecule has 168 valence electrons. The van der Waals surface area contributed by atoms with E-state index in [0.717, 1.165) is 28.0 Å². The fraction of sp³-hybridized carbons (Fsp3) is 0.160. The summed E-state index contributed by atoms with van der Waals surface area (Å²) in [4.78, 5) is 35.2. The maximum atomic E-state index is 12.1. The van der Waals surface area contributed by atoms with Crippen LogP contribution in [0, 0.1) is 0 Å². The average molecular weight is 443 g/mol. The molecule has 0 bridgehead atoms. The first-order chi connectivity index (χ1) is 15.9. The predicted octanol–water partition coefficient (Wildman–Crippen LogP) is 4.55. The molecule has 0 aliphatic heterocycles. The Morgan fingerprint density at radius 2 is 1.82 bits per heavy atom. The van der Waals surface area contributed by atoms with Gasteiger partial charge in [-0.2, -0.15) is 0 Å². The number of aromatic amines is 1. The molecule has 0 saturated heterocycles. The number of benzene rings is 2. The van der Waals surface area contributed by atoms with Gasteiger partial charge in [-0.25, -0.2) is 4.98 Å². The van der Waals surface area contributed by atoms with Crippen LogP contribution >= 0.6 is 0 Å². The van der Waals surface area contributed by atoms with Crippen molar-refractivity contribution in [3.63, 3.8) is 0 Å². The van der Waals surface area contributed by atoms with Gasteiger partial charge in [-0.1, -0.05) is 13.0 Å². The number of amides is 2. The third-order valence-electron chi connectivity index (χ3n) is 5.65. The first-order valence-corrected chi connectivity index (χ1v) is 10.6. The Morgan fingerprint density at radius 1 is 1.06 bits per heavy atom. The molecule has 4 N–H and O–H groups in total. The minimum absolute atomic E-state index is 0.0459. The zero-order valence-corrected chi connectivity index (χ0v) is 18.8. The van der Waals surface area contributed by atoms with E-state index in [4.69, 9.17) is 5.73 Å². The van der Waals surface area contributed by atoms with Gasteiger partial charge >= 0.3 is 0 Å². The van der Waals surface area contributed by atoms with Crippen LogP contribution in [0.4, 0.5) is 28.6 Å². The van der Waals surface area contributed by atoms with Crippen molar-refractivity contribution in [1.29, 1.82) is 0 Å². The highest BCUT2D eigenvalue weighted by atomic mass is 16.2. The second kappa shape index (κ2) is 9.04. The number of hydrogen-bond donors (Lipinski definition) is 3. The van der Waals surface area contributed by atoms with E-state index in [1.807, 2.05) is 73.6 Å². The second-order valence-electron chi connectivity index (χ2n) is 7.70. The van der Waals surface area contributed by atoms with E-state index < -0.39 is 5.91 Å². The number of nitrogens with one attached hydrogen (secondary N) is 2. The van der Waals surface area contributed by atoms with Gasteiger partial charge in [0.25, 0.3) is 5.91 Å². The molecule has 0 aliphatic rings. The molecule has 0 unspecified atom stereocenters. The van der Waals surface area contributed by atoms with Gasteiger partial charge in [-0.15, -0.1) is 0 Å². The molecule has 0 atom stereocenters. The van der Waals surface area contributed by atoms with E-state index >= 15 is 0 Å². The molecule has 2 aromatic carbocycles. The van der Waals surface area contributed by atoms with Crippen LogP contribution in [0.3, 0.4) is 0 Å². The van der Waals surface area contributed by atoms with Crippen LogP contribution in [0.25, 0.3) is 10.9 Å². The number of pyridine rings is 1. The number of carbonyl (C=O) groups is 2. The lowest BCUT2D eigenvalue weighted by atomic mass is 10.1. The minimum atomic E-state index is -0.551. The molecule has 2 aromatic heterocycles. The summed E-state index contributed by atoms with van der Waals surface area (Å²) in [5.41, 5.74) is 10.1. The van der Waals surface area contributed by atoms with Crippen molar-refractivity contribution in [2.75, 3.05) is 29.2 Å². The van der Waals surface area contributed by atoms with Crippen molar-refractivity contribution in [2.45, 2.75) is 13.3 Å². The van der Waals surface area contributed by atoms with Crippen molar-refractivity contribution < 1.29 is 9.59 Å². The molecule has 2 heterocycles.